The van der Waals surface area contributed by atoms with E-state index in [1.165, 1.54) is 36.0 Å². The van der Waals surface area contributed by atoms with Crippen LogP contribution in [0, 0.1) is 11.7 Å². The maximum absolute atomic E-state index is 15.4. The average Bonchev–Trinajstić information content (AvgIpc) is 3.44. The van der Waals surface area contributed by atoms with Crippen LogP contribution in [0.15, 0.2) is 48.9 Å². The monoisotopic (exact) mass is 476 g/mol. The predicted octanol–water partition coefficient (Wildman–Crippen LogP) is 4.21. The Morgan fingerprint density at radius 1 is 1.26 bits per heavy atom. The van der Waals surface area contributed by atoms with E-state index in [1.807, 2.05) is 0 Å². The van der Waals surface area contributed by atoms with E-state index in [4.69, 9.17) is 4.74 Å². The number of ketones is 1. The second-order valence-electron chi connectivity index (χ2n) is 8.89. The molecule has 0 saturated heterocycles. The molecule has 1 saturated carbocycles. The van der Waals surface area contributed by atoms with Crippen molar-refractivity contribution >= 4 is 22.9 Å². The van der Waals surface area contributed by atoms with E-state index in [9.17, 15) is 14.7 Å². The molecule has 1 amide bonds. The first-order valence-corrected chi connectivity index (χ1v) is 11.4. The normalized spacial score (nSPS) is 13.3. The molecule has 0 aliphatic heterocycles. The summed E-state index contributed by atoms with van der Waals surface area (Å²) in [7, 11) is 1.72. The van der Waals surface area contributed by atoms with Crippen molar-refractivity contribution in [2.75, 3.05) is 11.9 Å². The number of benzene rings is 1. The SMILES string of the molecule is CC(=O)c1cc(C(=O)Nc2cc(CO)cc(-c3cnn(C)c3)c2F)c2cc(OCC3CC3)ccn12. The number of aryl methyl sites for hydroxylation is 1. The van der Waals surface area contributed by atoms with E-state index in [1.54, 1.807) is 36.0 Å². The summed E-state index contributed by atoms with van der Waals surface area (Å²) < 4.78 is 24.5. The van der Waals surface area contributed by atoms with Crippen molar-refractivity contribution in [3.63, 3.8) is 0 Å². The highest BCUT2D eigenvalue weighted by molar-refractivity contribution is 6.11. The van der Waals surface area contributed by atoms with Gasteiger partial charge in [0.2, 0.25) is 0 Å². The zero-order chi connectivity index (χ0) is 24.7. The molecule has 1 fully saturated rings. The summed E-state index contributed by atoms with van der Waals surface area (Å²) in [6, 6.07) is 7.88. The fourth-order valence-corrected chi connectivity index (χ4v) is 4.05. The molecule has 3 aromatic heterocycles. The Morgan fingerprint density at radius 3 is 2.71 bits per heavy atom. The number of fused-ring (bicyclic) bond motifs is 1. The van der Waals surface area contributed by atoms with E-state index in [2.05, 4.69) is 10.4 Å². The number of Topliss-reactive ketones (excluding diaryl/α,β-unsaturated/α-hetero) is 1. The van der Waals surface area contributed by atoms with Crippen LogP contribution in [0.5, 0.6) is 5.75 Å². The third kappa shape index (κ3) is 4.54. The first-order chi connectivity index (χ1) is 16.8. The second-order valence-corrected chi connectivity index (χ2v) is 8.89. The van der Waals surface area contributed by atoms with Crippen molar-refractivity contribution in [1.29, 1.82) is 0 Å². The van der Waals surface area contributed by atoms with Gasteiger partial charge in [0.1, 0.15) is 5.75 Å². The number of hydrogen-bond acceptors (Lipinski definition) is 5. The lowest BCUT2D eigenvalue weighted by Crippen LogP contribution is -2.13. The molecule has 35 heavy (non-hydrogen) atoms. The molecule has 0 unspecified atom stereocenters. The minimum absolute atomic E-state index is 0.0785. The first-order valence-electron chi connectivity index (χ1n) is 11.4. The number of pyridine rings is 1. The van der Waals surface area contributed by atoms with Crippen LogP contribution in [0.4, 0.5) is 10.1 Å². The zero-order valence-electron chi connectivity index (χ0n) is 19.4. The van der Waals surface area contributed by atoms with Gasteiger partial charge < -0.3 is 19.6 Å². The quantitative estimate of drug-likeness (QED) is 0.371. The van der Waals surface area contributed by atoms with Crippen molar-refractivity contribution < 1.29 is 23.8 Å². The van der Waals surface area contributed by atoms with Crippen molar-refractivity contribution in [3.05, 3.63) is 71.6 Å². The summed E-state index contributed by atoms with van der Waals surface area (Å²) in [6.45, 7) is 1.70. The minimum Gasteiger partial charge on any atom is -0.493 e. The highest BCUT2D eigenvalue weighted by Crippen LogP contribution is 2.32. The Kier molecular flexibility index (Phi) is 5.86. The Hall–Kier alpha value is -3.98. The van der Waals surface area contributed by atoms with E-state index < -0.39 is 11.7 Å². The summed E-state index contributed by atoms with van der Waals surface area (Å²) in [5, 5.41) is 16.4. The maximum Gasteiger partial charge on any atom is 0.257 e. The fourth-order valence-electron chi connectivity index (χ4n) is 4.05. The predicted molar refractivity (Wildman–Crippen MR) is 128 cm³/mol. The number of aliphatic hydroxyl groups is 1. The van der Waals surface area contributed by atoms with Crippen LogP contribution in [0.1, 0.15) is 46.2 Å². The van der Waals surface area contributed by atoms with Gasteiger partial charge in [-0.1, -0.05) is 0 Å². The molecule has 0 bridgehead atoms. The van der Waals surface area contributed by atoms with Gasteiger partial charge in [0.25, 0.3) is 5.91 Å². The number of halogens is 1. The average molecular weight is 477 g/mol. The molecule has 1 aliphatic carbocycles. The molecule has 2 N–H and O–H groups in total. The van der Waals surface area contributed by atoms with Gasteiger partial charge in [-0.15, -0.1) is 0 Å². The van der Waals surface area contributed by atoms with Crippen LogP contribution in [-0.2, 0) is 13.7 Å². The number of aromatic nitrogens is 3. The maximum atomic E-state index is 15.4. The van der Waals surface area contributed by atoms with Gasteiger partial charge in [0.05, 0.1) is 41.9 Å². The number of aliphatic hydroxyl groups excluding tert-OH is 1. The van der Waals surface area contributed by atoms with Gasteiger partial charge in [0, 0.05) is 43.6 Å². The van der Waals surface area contributed by atoms with Gasteiger partial charge in [-0.25, -0.2) is 4.39 Å². The van der Waals surface area contributed by atoms with E-state index in [-0.39, 0.29) is 29.2 Å². The molecule has 4 aromatic rings. The van der Waals surface area contributed by atoms with E-state index in [0.29, 0.717) is 40.6 Å². The fraction of sp³-hybridized carbons (Fsp3) is 0.269. The third-order valence-corrected chi connectivity index (χ3v) is 6.11. The van der Waals surface area contributed by atoms with Gasteiger partial charge in [-0.3, -0.25) is 14.3 Å². The number of ether oxygens (including phenoxy) is 1. The van der Waals surface area contributed by atoms with Crippen LogP contribution in [0.2, 0.25) is 0 Å². The first kappa shape index (κ1) is 22.8. The number of carbonyl (C=O) groups is 2. The molecule has 8 nitrogen and oxygen atoms in total. The summed E-state index contributed by atoms with van der Waals surface area (Å²) in [5.74, 6) is -0.283. The third-order valence-electron chi connectivity index (χ3n) is 6.11. The van der Waals surface area contributed by atoms with Crippen molar-refractivity contribution in [1.82, 2.24) is 14.2 Å². The van der Waals surface area contributed by atoms with Crippen LogP contribution in [0.25, 0.3) is 16.6 Å². The smallest absolute Gasteiger partial charge is 0.257 e. The highest BCUT2D eigenvalue weighted by atomic mass is 19.1. The van der Waals surface area contributed by atoms with Crippen LogP contribution in [-0.4, -0.2) is 37.6 Å². The van der Waals surface area contributed by atoms with Crippen LogP contribution < -0.4 is 10.1 Å². The summed E-state index contributed by atoms with van der Waals surface area (Å²) >= 11 is 0. The van der Waals surface area contributed by atoms with Gasteiger partial charge in [0.15, 0.2) is 11.6 Å². The molecular weight excluding hydrogens is 451 g/mol. The topological polar surface area (TPSA) is 97.9 Å². The molecule has 5 rings (SSSR count). The number of nitrogens with one attached hydrogen (secondary N) is 1. The van der Waals surface area contributed by atoms with Crippen LogP contribution in [0.3, 0.4) is 0 Å². The van der Waals surface area contributed by atoms with Crippen LogP contribution >= 0.6 is 0 Å². The molecule has 180 valence electrons. The Bertz CT molecular complexity index is 1450. The molecule has 0 spiro atoms. The van der Waals surface area contributed by atoms with Gasteiger partial charge in [-0.2, -0.15) is 5.10 Å². The lowest BCUT2D eigenvalue weighted by Gasteiger charge is -2.12. The molecule has 1 aliphatic rings. The Labute approximate surface area is 200 Å². The molecular formula is C26H25FN4O4. The van der Waals surface area contributed by atoms with E-state index >= 15 is 4.39 Å². The standard InChI is InChI=1S/C26H25FN4O4/c1-15(33)23-10-21(24-9-19(5-6-31(23)24)35-14-16-3-4-16)26(34)29-22-8-17(13-32)7-20(25(22)27)18-11-28-30(2)12-18/h5-12,16,32H,3-4,13-14H2,1-2H3,(H,29,34). The number of anilines is 1. The highest BCUT2D eigenvalue weighted by Gasteiger charge is 2.23. The second kappa shape index (κ2) is 8.99. The lowest BCUT2D eigenvalue weighted by molar-refractivity contribution is 0.101. The van der Waals surface area contributed by atoms with Gasteiger partial charge in [-0.05, 0) is 48.6 Å². The minimum atomic E-state index is -0.646. The lowest BCUT2D eigenvalue weighted by atomic mass is 10.0. The summed E-state index contributed by atoms with van der Waals surface area (Å²) in [4.78, 5) is 25.6. The Morgan fingerprint density at radius 2 is 2.06 bits per heavy atom. The number of nitrogens with zero attached hydrogens (tertiary/aromatic N) is 3. The van der Waals surface area contributed by atoms with E-state index in [0.717, 1.165) is 12.8 Å². The number of amides is 1. The molecule has 3 heterocycles. The molecule has 0 atom stereocenters. The number of rotatable bonds is 8. The molecule has 0 radical (unpaired) electrons. The largest absolute Gasteiger partial charge is 0.493 e. The molecule has 9 heteroatoms. The zero-order valence-corrected chi connectivity index (χ0v) is 19.4. The van der Waals surface area contributed by atoms with Crippen molar-refractivity contribution in [2.24, 2.45) is 13.0 Å². The summed E-state index contributed by atoms with van der Waals surface area (Å²) in [6.07, 6.45) is 7.15. The molecule has 1 aromatic carbocycles. The Balaban J connectivity index is 1.52. The number of hydrogen-bond donors (Lipinski definition) is 2. The van der Waals surface area contributed by atoms with Gasteiger partial charge >= 0.3 is 0 Å². The summed E-state index contributed by atoms with van der Waals surface area (Å²) in [5.41, 5.74) is 2.10. The van der Waals surface area contributed by atoms with Crippen molar-refractivity contribution in [2.45, 2.75) is 26.4 Å². The number of carbonyl (C=O) groups excluding carboxylic acids is 2. The van der Waals surface area contributed by atoms with Crippen molar-refractivity contribution in [3.8, 4) is 16.9 Å².